The van der Waals surface area contributed by atoms with Crippen LogP contribution in [0.2, 0.25) is 8.60 Å². The summed E-state index contributed by atoms with van der Waals surface area (Å²) in [5.41, 5.74) is 0. The minimum Gasteiger partial charge on any atom is -0.148 e. The van der Waals surface area contributed by atoms with E-state index in [0.29, 0.717) is 0 Å². The van der Waals surface area contributed by atoms with Gasteiger partial charge in [0, 0.05) is 0 Å². The SMILES string of the molecule is CCCCC(CC)[CH](CCCC)[Mg][CH2]C. The monoisotopic (exact) mass is 222 g/mol. The fourth-order valence-electron chi connectivity index (χ4n) is 2.69. The molecule has 0 aromatic heterocycles. The Hall–Kier alpha value is 0.766. The first kappa shape index (κ1) is 15.8. The van der Waals surface area contributed by atoms with Gasteiger partial charge in [-0.3, -0.25) is 0 Å². The maximum Gasteiger partial charge on any atom is 0.368 e. The van der Waals surface area contributed by atoms with Crippen LogP contribution in [0.25, 0.3) is 0 Å². The summed E-state index contributed by atoms with van der Waals surface area (Å²) >= 11 is 0.229. The van der Waals surface area contributed by atoms with Crippen LogP contribution in [-0.2, 0) is 0 Å². The molecule has 0 N–H and O–H groups in total. The zero-order valence-corrected chi connectivity index (χ0v) is 12.9. The topological polar surface area (TPSA) is 0 Å². The third kappa shape index (κ3) is 7.62. The van der Waals surface area contributed by atoms with Crippen molar-refractivity contribution in [2.24, 2.45) is 5.92 Å². The third-order valence-electron chi connectivity index (χ3n) is 3.71. The molecule has 0 aliphatic carbocycles. The normalized spacial score (nSPS) is 14.7. The molecule has 0 saturated heterocycles. The average molecular weight is 223 g/mol. The molecule has 0 aromatic carbocycles. The van der Waals surface area contributed by atoms with Crippen molar-refractivity contribution in [1.29, 1.82) is 0 Å². The second kappa shape index (κ2) is 11.3. The summed E-state index contributed by atoms with van der Waals surface area (Å²) < 4.78 is 2.67. The largest absolute Gasteiger partial charge is 0.368 e. The van der Waals surface area contributed by atoms with E-state index in [1.807, 2.05) is 0 Å². The Morgan fingerprint density at radius 2 is 1.47 bits per heavy atom. The molecule has 0 saturated carbocycles. The first-order chi connectivity index (χ1) is 7.29. The molecular weight excluding hydrogens is 192 g/mol. The molecule has 1 heteroatoms. The van der Waals surface area contributed by atoms with Crippen molar-refractivity contribution in [2.75, 3.05) is 0 Å². The summed E-state index contributed by atoms with van der Waals surface area (Å²) in [7, 11) is 0. The van der Waals surface area contributed by atoms with Gasteiger partial charge in [0.2, 0.25) is 0 Å². The highest BCUT2D eigenvalue weighted by Crippen LogP contribution is 2.31. The summed E-state index contributed by atoms with van der Waals surface area (Å²) in [6.07, 6.45) is 10.2. The summed E-state index contributed by atoms with van der Waals surface area (Å²) in [6, 6.07) is 0. The van der Waals surface area contributed by atoms with Crippen LogP contribution in [0.3, 0.4) is 0 Å². The Labute approximate surface area is 107 Å². The Kier molecular flexibility index (Phi) is 11.8. The molecule has 0 spiro atoms. The molecule has 0 heterocycles. The van der Waals surface area contributed by atoms with Gasteiger partial charge >= 0.3 is 20.4 Å². The van der Waals surface area contributed by atoms with Crippen molar-refractivity contribution in [3.05, 3.63) is 0 Å². The average Bonchev–Trinajstić information content (AvgIpc) is 2.26. The van der Waals surface area contributed by atoms with Gasteiger partial charge in [-0.05, 0) is 0 Å². The lowest BCUT2D eigenvalue weighted by Gasteiger charge is -2.26. The van der Waals surface area contributed by atoms with Crippen LogP contribution >= 0.6 is 0 Å². The standard InChI is InChI=1S/C12H25.C2H5.Mg/c1-4-7-9-11-12(6-3)10-8-5-2;1-2;/h11-12H,4-10H2,1-3H3;1H2,2H3;. The molecule has 15 heavy (non-hydrogen) atoms. The first-order valence-corrected chi connectivity index (χ1v) is 9.11. The van der Waals surface area contributed by atoms with Crippen LogP contribution in [0, 0.1) is 5.92 Å². The van der Waals surface area contributed by atoms with Gasteiger partial charge in [-0.2, -0.15) is 0 Å². The smallest absolute Gasteiger partial charge is 0.148 e. The van der Waals surface area contributed by atoms with E-state index in [0.717, 1.165) is 9.97 Å². The van der Waals surface area contributed by atoms with Gasteiger partial charge in [-0.1, -0.05) is 78.6 Å². The van der Waals surface area contributed by atoms with Crippen LogP contribution in [-0.4, -0.2) is 20.4 Å². The zero-order valence-electron chi connectivity index (χ0n) is 11.5. The van der Waals surface area contributed by atoms with Gasteiger partial charge in [-0.25, -0.2) is 0 Å². The zero-order chi connectivity index (χ0) is 11.5. The first-order valence-electron chi connectivity index (χ1n) is 7.29. The van der Waals surface area contributed by atoms with Crippen molar-refractivity contribution in [3.8, 4) is 0 Å². The molecule has 88 valence electrons. The van der Waals surface area contributed by atoms with Crippen LogP contribution in [0.5, 0.6) is 0 Å². The van der Waals surface area contributed by atoms with Crippen LogP contribution in [0.4, 0.5) is 0 Å². The van der Waals surface area contributed by atoms with Crippen molar-refractivity contribution in [1.82, 2.24) is 0 Å². The molecule has 0 fully saturated rings. The van der Waals surface area contributed by atoms with E-state index >= 15 is 0 Å². The van der Waals surface area contributed by atoms with E-state index in [-0.39, 0.29) is 20.4 Å². The maximum absolute atomic E-state index is 2.41. The van der Waals surface area contributed by atoms with Gasteiger partial charge in [0.1, 0.15) is 0 Å². The molecule has 0 amide bonds. The Morgan fingerprint density at radius 1 is 0.867 bits per heavy atom. The lowest BCUT2D eigenvalue weighted by molar-refractivity contribution is 0.401. The summed E-state index contributed by atoms with van der Waals surface area (Å²) in [6.45, 7) is 9.46. The van der Waals surface area contributed by atoms with Crippen LogP contribution < -0.4 is 0 Å². The molecule has 0 aromatic rings. The predicted octanol–water partition coefficient (Wildman–Crippen LogP) is 5.32. The predicted molar refractivity (Wildman–Crippen MR) is 72.8 cm³/mol. The molecule has 0 aliphatic rings. The molecule has 0 rings (SSSR count). The number of unbranched alkanes of at least 4 members (excludes halogenated alkanes) is 2. The quantitative estimate of drug-likeness (QED) is 0.439. The van der Waals surface area contributed by atoms with Crippen LogP contribution in [0.1, 0.15) is 72.6 Å². The third-order valence-corrected chi connectivity index (χ3v) is 6.10. The molecule has 0 aliphatic heterocycles. The van der Waals surface area contributed by atoms with E-state index in [4.69, 9.17) is 0 Å². The summed E-state index contributed by atoms with van der Waals surface area (Å²) in [5, 5.41) is 0. The van der Waals surface area contributed by atoms with E-state index in [1.165, 1.54) is 43.1 Å². The van der Waals surface area contributed by atoms with E-state index < -0.39 is 0 Å². The Bertz CT molecular complexity index is 123. The Morgan fingerprint density at radius 3 is 1.93 bits per heavy atom. The molecule has 0 radical (unpaired) electrons. The molecule has 2 unspecified atom stereocenters. The Balaban J connectivity index is 4.00. The van der Waals surface area contributed by atoms with Crippen molar-refractivity contribution in [3.63, 3.8) is 0 Å². The van der Waals surface area contributed by atoms with E-state index in [1.54, 1.807) is 6.42 Å². The number of rotatable bonds is 10. The minimum atomic E-state index is 0.229. The van der Waals surface area contributed by atoms with E-state index in [2.05, 4.69) is 27.7 Å². The molecule has 0 nitrogen and oxygen atoms in total. The number of hydrogen-bond donors (Lipinski definition) is 0. The van der Waals surface area contributed by atoms with Crippen molar-refractivity contribution < 1.29 is 0 Å². The lowest BCUT2D eigenvalue weighted by atomic mass is 9.92. The van der Waals surface area contributed by atoms with Gasteiger partial charge in [0.25, 0.3) is 0 Å². The maximum atomic E-state index is 2.41. The highest BCUT2D eigenvalue weighted by atomic mass is 24.5. The number of hydrogen-bond acceptors (Lipinski definition) is 0. The molecule has 0 bridgehead atoms. The molecular formula is C14H30Mg. The van der Waals surface area contributed by atoms with E-state index in [9.17, 15) is 0 Å². The van der Waals surface area contributed by atoms with Gasteiger partial charge in [-0.15, -0.1) is 8.60 Å². The van der Waals surface area contributed by atoms with Crippen LogP contribution in [0.15, 0.2) is 0 Å². The van der Waals surface area contributed by atoms with Gasteiger partial charge in [0.05, 0.1) is 0 Å². The summed E-state index contributed by atoms with van der Waals surface area (Å²) in [4.78, 5) is 0. The lowest BCUT2D eigenvalue weighted by Crippen LogP contribution is -2.14. The minimum absolute atomic E-state index is 0.229. The van der Waals surface area contributed by atoms with Crippen molar-refractivity contribution in [2.45, 2.75) is 81.2 Å². The highest BCUT2D eigenvalue weighted by Gasteiger charge is 2.19. The van der Waals surface area contributed by atoms with Crippen molar-refractivity contribution >= 4 is 20.4 Å². The second-order valence-electron chi connectivity index (χ2n) is 5.00. The fourth-order valence-corrected chi connectivity index (χ4v) is 5.05. The molecule has 2 atom stereocenters. The fraction of sp³-hybridized carbons (Fsp3) is 1.00. The van der Waals surface area contributed by atoms with Gasteiger partial charge in [0.15, 0.2) is 0 Å². The second-order valence-corrected chi connectivity index (χ2v) is 7.63. The summed E-state index contributed by atoms with van der Waals surface area (Å²) in [5.74, 6) is 1.07. The highest BCUT2D eigenvalue weighted by molar-refractivity contribution is 6.37. The van der Waals surface area contributed by atoms with Gasteiger partial charge < -0.3 is 0 Å².